The molecule has 0 fully saturated rings. The van der Waals surface area contributed by atoms with Crippen molar-refractivity contribution < 1.29 is 4.79 Å². The monoisotopic (exact) mass is 257 g/mol. The summed E-state index contributed by atoms with van der Waals surface area (Å²) in [6, 6.07) is 0.611. The number of amides is 1. The number of nitrogens with zero attached hydrogens (tertiary/aromatic N) is 1. The molecule has 1 amide bonds. The van der Waals surface area contributed by atoms with Crippen molar-refractivity contribution in [3.05, 3.63) is 0 Å². The van der Waals surface area contributed by atoms with Crippen LogP contribution in [0.2, 0.25) is 0 Å². The molecule has 0 saturated carbocycles. The van der Waals surface area contributed by atoms with Crippen LogP contribution in [0.25, 0.3) is 0 Å². The molecule has 0 atom stereocenters. The van der Waals surface area contributed by atoms with E-state index in [1.165, 1.54) is 6.42 Å². The molecule has 0 aliphatic heterocycles. The number of carbonyl (C=O) groups excluding carboxylic acids is 1. The molecule has 0 aromatic rings. The van der Waals surface area contributed by atoms with Crippen LogP contribution in [0, 0.1) is 5.92 Å². The first kappa shape index (κ1) is 17.4. The summed E-state index contributed by atoms with van der Waals surface area (Å²) >= 11 is 0. The van der Waals surface area contributed by atoms with Gasteiger partial charge in [-0.2, -0.15) is 0 Å². The van der Waals surface area contributed by atoms with Gasteiger partial charge in [0.1, 0.15) is 0 Å². The van der Waals surface area contributed by atoms with Crippen LogP contribution in [-0.4, -0.2) is 50.1 Å². The molecule has 2 N–H and O–H groups in total. The number of carbonyl (C=O) groups is 1. The topological polar surface area (TPSA) is 44.4 Å². The smallest absolute Gasteiger partial charge is 0.233 e. The lowest BCUT2D eigenvalue weighted by molar-refractivity contribution is -0.120. The van der Waals surface area contributed by atoms with E-state index in [-0.39, 0.29) is 5.91 Å². The lowest BCUT2D eigenvalue weighted by Gasteiger charge is -2.20. The van der Waals surface area contributed by atoms with E-state index in [2.05, 4.69) is 50.3 Å². The van der Waals surface area contributed by atoms with Crippen molar-refractivity contribution in [3.63, 3.8) is 0 Å². The quantitative estimate of drug-likeness (QED) is 0.583. The zero-order valence-corrected chi connectivity index (χ0v) is 12.8. The van der Waals surface area contributed by atoms with Gasteiger partial charge in [0.05, 0.1) is 6.54 Å². The molecule has 0 aliphatic carbocycles. The summed E-state index contributed by atoms with van der Waals surface area (Å²) in [7, 11) is 2.15. The van der Waals surface area contributed by atoms with E-state index in [1.54, 1.807) is 0 Å². The Labute approximate surface area is 113 Å². The second-order valence-corrected chi connectivity index (χ2v) is 5.66. The van der Waals surface area contributed by atoms with E-state index in [4.69, 9.17) is 0 Å². The maximum absolute atomic E-state index is 11.4. The number of hydrogen-bond acceptors (Lipinski definition) is 3. The van der Waals surface area contributed by atoms with Crippen molar-refractivity contribution in [2.75, 3.05) is 33.2 Å². The predicted octanol–water partition coefficient (Wildman–Crippen LogP) is 1.47. The van der Waals surface area contributed by atoms with Crippen LogP contribution in [0.4, 0.5) is 0 Å². The fourth-order valence-corrected chi connectivity index (χ4v) is 1.45. The van der Waals surface area contributed by atoms with Crippen LogP contribution < -0.4 is 10.6 Å². The normalized spacial score (nSPS) is 11.6. The number of nitrogens with one attached hydrogen (secondary N) is 2. The summed E-state index contributed by atoms with van der Waals surface area (Å²) in [5.41, 5.74) is 0. The van der Waals surface area contributed by atoms with Gasteiger partial charge in [0.2, 0.25) is 5.91 Å². The van der Waals surface area contributed by atoms with E-state index in [0.29, 0.717) is 18.5 Å². The van der Waals surface area contributed by atoms with Crippen molar-refractivity contribution in [1.82, 2.24) is 15.5 Å². The van der Waals surface area contributed by atoms with Crippen LogP contribution in [-0.2, 0) is 4.79 Å². The molecule has 0 heterocycles. The zero-order chi connectivity index (χ0) is 14.0. The Hall–Kier alpha value is -0.610. The van der Waals surface area contributed by atoms with Gasteiger partial charge in [-0.25, -0.2) is 0 Å². The van der Waals surface area contributed by atoms with Crippen molar-refractivity contribution in [3.8, 4) is 0 Å². The minimum absolute atomic E-state index is 0.1000. The third-order valence-electron chi connectivity index (χ3n) is 2.99. The average Bonchev–Trinajstić information content (AvgIpc) is 2.30. The van der Waals surface area contributed by atoms with Crippen LogP contribution in [0.15, 0.2) is 0 Å². The Morgan fingerprint density at radius 1 is 1.17 bits per heavy atom. The summed E-state index contributed by atoms with van der Waals surface area (Å²) < 4.78 is 0. The first-order chi connectivity index (χ1) is 8.43. The largest absolute Gasteiger partial charge is 0.355 e. The van der Waals surface area contributed by atoms with Crippen LogP contribution >= 0.6 is 0 Å². The van der Waals surface area contributed by atoms with E-state index in [0.717, 1.165) is 26.1 Å². The lowest BCUT2D eigenvalue weighted by atomic mass is 10.2. The van der Waals surface area contributed by atoms with Gasteiger partial charge >= 0.3 is 0 Å². The standard InChI is InChI=1S/C14H31N3O/c1-12(2)10-16-14(18)11-15-8-6-7-9-17(5)13(3)4/h12-13,15H,6-11H2,1-5H3,(H,16,18). The highest BCUT2D eigenvalue weighted by atomic mass is 16.1. The van der Waals surface area contributed by atoms with Gasteiger partial charge in [-0.3, -0.25) is 4.79 Å². The summed E-state index contributed by atoms with van der Waals surface area (Å²) in [6.45, 7) is 11.8. The molecule has 0 aliphatic rings. The predicted molar refractivity (Wildman–Crippen MR) is 77.7 cm³/mol. The van der Waals surface area contributed by atoms with Crippen molar-refractivity contribution in [2.24, 2.45) is 5.92 Å². The molecule has 0 bridgehead atoms. The van der Waals surface area contributed by atoms with E-state index < -0.39 is 0 Å². The molecule has 4 nitrogen and oxygen atoms in total. The first-order valence-corrected chi connectivity index (χ1v) is 7.11. The highest BCUT2D eigenvalue weighted by Gasteiger charge is 2.03. The molecule has 0 radical (unpaired) electrons. The summed E-state index contributed by atoms with van der Waals surface area (Å²) in [5, 5.41) is 6.08. The molecule has 0 unspecified atom stereocenters. The van der Waals surface area contributed by atoms with E-state index in [1.807, 2.05) is 0 Å². The molecule has 0 saturated heterocycles. The number of rotatable bonds is 10. The third-order valence-corrected chi connectivity index (χ3v) is 2.99. The van der Waals surface area contributed by atoms with Gasteiger partial charge in [0, 0.05) is 12.6 Å². The second kappa shape index (κ2) is 10.3. The molecule has 0 aromatic heterocycles. The number of hydrogen-bond donors (Lipinski definition) is 2. The van der Waals surface area contributed by atoms with Crippen molar-refractivity contribution >= 4 is 5.91 Å². The molecule has 4 heteroatoms. The summed E-state index contributed by atoms with van der Waals surface area (Å²) in [4.78, 5) is 13.7. The first-order valence-electron chi connectivity index (χ1n) is 7.11. The highest BCUT2D eigenvalue weighted by Crippen LogP contribution is 1.97. The van der Waals surface area contributed by atoms with Crippen LogP contribution in [0.5, 0.6) is 0 Å². The van der Waals surface area contributed by atoms with Gasteiger partial charge in [0.25, 0.3) is 0 Å². The maximum atomic E-state index is 11.4. The SMILES string of the molecule is CC(C)CNC(=O)CNCCCCN(C)C(C)C. The minimum Gasteiger partial charge on any atom is -0.355 e. The molecule has 18 heavy (non-hydrogen) atoms. The van der Waals surface area contributed by atoms with E-state index >= 15 is 0 Å². The number of unbranched alkanes of at least 4 members (excludes halogenated alkanes) is 1. The Morgan fingerprint density at radius 2 is 1.83 bits per heavy atom. The van der Waals surface area contributed by atoms with E-state index in [9.17, 15) is 4.79 Å². The molecule has 0 rings (SSSR count). The molecular formula is C14H31N3O. The summed E-state index contributed by atoms with van der Waals surface area (Å²) in [6.07, 6.45) is 2.30. The van der Waals surface area contributed by atoms with Gasteiger partial charge in [-0.15, -0.1) is 0 Å². The van der Waals surface area contributed by atoms with Crippen LogP contribution in [0.3, 0.4) is 0 Å². The Kier molecular flexibility index (Phi) is 9.98. The maximum Gasteiger partial charge on any atom is 0.233 e. The van der Waals surface area contributed by atoms with Gasteiger partial charge in [0.15, 0.2) is 0 Å². The van der Waals surface area contributed by atoms with Crippen LogP contribution in [0.1, 0.15) is 40.5 Å². The second-order valence-electron chi connectivity index (χ2n) is 5.66. The van der Waals surface area contributed by atoms with Gasteiger partial charge in [-0.05, 0) is 52.7 Å². The van der Waals surface area contributed by atoms with Gasteiger partial charge in [-0.1, -0.05) is 13.8 Å². The fourth-order valence-electron chi connectivity index (χ4n) is 1.45. The molecular weight excluding hydrogens is 226 g/mol. The Morgan fingerprint density at radius 3 is 2.39 bits per heavy atom. The Balaban J connectivity index is 3.32. The molecule has 0 aromatic carbocycles. The van der Waals surface area contributed by atoms with Crippen molar-refractivity contribution in [1.29, 1.82) is 0 Å². The van der Waals surface area contributed by atoms with Crippen molar-refractivity contribution in [2.45, 2.75) is 46.6 Å². The zero-order valence-electron chi connectivity index (χ0n) is 12.8. The highest BCUT2D eigenvalue weighted by molar-refractivity contribution is 5.77. The molecule has 0 spiro atoms. The van der Waals surface area contributed by atoms with Gasteiger partial charge < -0.3 is 15.5 Å². The Bertz CT molecular complexity index is 217. The minimum atomic E-state index is 0.1000. The fraction of sp³-hybridized carbons (Fsp3) is 0.929. The summed E-state index contributed by atoms with van der Waals surface area (Å²) in [5.74, 6) is 0.614. The average molecular weight is 257 g/mol. The lowest BCUT2D eigenvalue weighted by Crippen LogP contribution is -2.36. The molecule has 108 valence electrons. The third kappa shape index (κ3) is 10.5.